The number of nitrogens with zero attached hydrogens (tertiary/aromatic N) is 1. The average molecular weight is 521 g/mol. The van der Waals surface area contributed by atoms with E-state index >= 15 is 0 Å². The second-order valence-electron chi connectivity index (χ2n) is 8.72. The Labute approximate surface area is 216 Å². The molecule has 4 unspecified atom stereocenters. The zero-order valence-corrected chi connectivity index (χ0v) is 21.2. The van der Waals surface area contributed by atoms with Crippen LogP contribution >= 0.6 is 0 Å². The monoisotopic (exact) mass is 520 g/mol. The number of guanidine groups is 1. The molecule has 0 aliphatic carbocycles. The van der Waals surface area contributed by atoms with Crippen LogP contribution in [0.1, 0.15) is 44.6 Å². The second-order valence-corrected chi connectivity index (χ2v) is 8.72. The number of carboxylic acid groups (broad SMARTS) is 1. The summed E-state index contributed by atoms with van der Waals surface area (Å²) in [7, 11) is 0. The lowest BCUT2D eigenvalue weighted by atomic mass is 10.1. The highest BCUT2D eigenvalue weighted by Crippen LogP contribution is 2.06. The van der Waals surface area contributed by atoms with Crippen LogP contribution in [0.25, 0.3) is 0 Å². The Kier molecular flexibility index (Phi) is 14.3. The molecule has 1 aromatic rings. The molecular weight excluding hydrogens is 480 g/mol. The van der Waals surface area contributed by atoms with Crippen molar-refractivity contribution in [2.45, 2.75) is 69.6 Å². The summed E-state index contributed by atoms with van der Waals surface area (Å²) in [6, 6.07) is 5.13. The number of nitrogens with two attached hydrogens (primary N) is 4. The number of amides is 3. The van der Waals surface area contributed by atoms with Crippen LogP contribution in [0.15, 0.2) is 35.3 Å². The van der Waals surface area contributed by atoms with Gasteiger partial charge in [-0.25, -0.2) is 4.79 Å². The highest BCUT2D eigenvalue weighted by Gasteiger charge is 2.28. The number of nitrogens with one attached hydrogen (secondary N) is 3. The molecule has 0 aromatic heterocycles. The van der Waals surface area contributed by atoms with E-state index < -0.39 is 47.9 Å². The maximum absolute atomic E-state index is 12.9. The van der Waals surface area contributed by atoms with Crippen LogP contribution in [0.5, 0.6) is 0 Å². The van der Waals surface area contributed by atoms with Crippen molar-refractivity contribution in [1.29, 1.82) is 0 Å². The topological polar surface area (TPSA) is 241 Å². The standard InChI is InChI=1S/C24H40N8O5/c1-15(30-21(34)17(26)14-16-8-3-2-4-9-16)20(33)31-18(11-7-13-29-24(27)28)22(35)32-19(23(36)37)10-5-6-12-25/h2-4,8-9,15,17-19H,5-7,10-14,25-26H2,1H3,(H,30,34)(H,31,33)(H,32,35)(H,36,37)(H4,27,28,29). The first-order valence-corrected chi connectivity index (χ1v) is 12.2. The van der Waals surface area contributed by atoms with Gasteiger partial charge in [-0.2, -0.15) is 0 Å². The van der Waals surface area contributed by atoms with E-state index in [2.05, 4.69) is 20.9 Å². The van der Waals surface area contributed by atoms with E-state index in [9.17, 15) is 24.3 Å². The van der Waals surface area contributed by atoms with Gasteiger partial charge in [0.05, 0.1) is 6.04 Å². The summed E-state index contributed by atoms with van der Waals surface area (Å²) in [5.74, 6) is -3.12. The molecule has 0 saturated heterocycles. The fourth-order valence-corrected chi connectivity index (χ4v) is 3.44. The van der Waals surface area contributed by atoms with Gasteiger partial charge in [-0.1, -0.05) is 30.3 Å². The fourth-order valence-electron chi connectivity index (χ4n) is 3.44. The highest BCUT2D eigenvalue weighted by atomic mass is 16.4. The zero-order chi connectivity index (χ0) is 27.8. The quantitative estimate of drug-likeness (QED) is 0.0662. The Morgan fingerprint density at radius 2 is 1.51 bits per heavy atom. The minimum Gasteiger partial charge on any atom is -0.480 e. The van der Waals surface area contributed by atoms with Crippen molar-refractivity contribution in [2.24, 2.45) is 27.9 Å². The molecule has 13 heteroatoms. The van der Waals surface area contributed by atoms with E-state index in [1.54, 1.807) is 0 Å². The first kappa shape index (κ1) is 31.3. The number of carboxylic acids is 1. The largest absolute Gasteiger partial charge is 0.480 e. The van der Waals surface area contributed by atoms with Gasteiger partial charge in [0.2, 0.25) is 17.7 Å². The summed E-state index contributed by atoms with van der Waals surface area (Å²) in [4.78, 5) is 53.6. The van der Waals surface area contributed by atoms with Crippen molar-refractivity contribution in [2.75, 3.05) is 13.1 Å². The molecule has 0 bridgehead atoms. The summed E-state index contributed by atoms with van der Waals surface area (Å²) < 4.78 is 0. The van der Waals surface area contributed by atoms with Crippen LogP contribution in [-0.2, 0) is 25.6 Å². The summed E-state index contributed by atoms with van der Waals surface area (Å²) >= 11 is 0. The van der Waals surface area contributed by atoms with Gasteiger partial charge in [0, 0.05) is 6.54 Å². The van der Waals surface area contributed by atoms with Crippen molar-refractivity contribution in [1.82, 2.24) is 16.0 Å². The molecule has 0 saturated carbocycles. The van der Waals surface area contributed by atoms with Crippen LogP contribution in [0, 0.1) is 0 Å². The van der Waals surface area contributed by atoms with E-state index in [1.165, 1.54) is 6.92 Å². The molecule has 0 radical (unpaired) electrons. The molecule has 3 amide bonds. The number of rotatable bonds is 17. The van der Waals surface area contributed by atoms with Crippen LogP contribution in [-0.4, -0.2) is 72.0 Å². The number of carbonyl (C=O) groups excluding carboxylic acids is 3. The molecule has 0 aliphatic heterocycles. The van der Waals surface area contributed by atoms with Crippen molar-refractivity contribution in [3.05, 3.63) is 35.9 Å². The third-order valence-electron chi connectivity index (χ3n) is 5.53. The lowest BCUT2D eigenvalue weighted by molar-refractivity contribution is -0.142. The molecule has 0 aliphatic rings. The molecule has 37 heavy (non-hydrogen) atoms. The molecule has 4 atom stereocenters. The number of aliphatic imine (C=N–C) groups is 1. The number of hydrogen-bond acceptors (Lipinski definition) is 7. The average Bonchev–Trinajstić information content (AvgIpc) is 2.85. The number of aliphatic carboxylic acids is 1. The van der Waals surface area contributed by atoms with E-state index in [0.717, 1.165) is 5.56 Å². The fraction of sp³-hybridized carbons (Fsp3) is 0.542. The first-order valence-electron chi connectivity index (χ1n) is 12.2. The van der Waals surface area contributed by atoms with Crippen molar-refractivity contribution >= 4 is 29.7 Å². The third kappa shape index (κ3) is 12.7. The predicted molar refractivity (Wildman–Crippen MR) is 140 cm³/mol. The van der Waals surface area contributed by atoms with Gasteiger partial charge in [-0.15, -0.1) is 0 Å². The summed E-state index contributed by atoms with van der Waals surface area (Å²) in [6.45, 7) is 2.08. The Hall–Kier alpha value is -3.71. The van der Waals surface area contributed by atoms with Crippen molar-refractivity contribution in [3.63, 3.8) is 0 Å². The van der Waals surface area contributed by atoms with Gasteiger partial charge in [0.15, 0.2) is 5.96 Å². The molecule has 1 rings (SSSR count). The van der Waals surface area contributed by atoms with Gasteiger partial charge in [0.25, 0.3) is 0 Å². The van der Waals surface area contributed by atoms with Crippen molar-refractivity contribution < 1.29 is 24.3 Å². The van der Waals surface area contributed by atoms with Crippen LogP contribution in [0.4, 0.5) is 0 Å². The molecule has 206 valence electrons. The van der Waals surface area contributed by atoms with E-state index in [0.29, 0.717) is 25.8 Å². The molecular formula is C24H40N8O5. The second kappa shape index (κ2) is 16.9. The van der Waals surface area contributed by atoms with Crippen molar-refractivity contribution in [3.8, 4) is 0 Å². The van der Waals surface area contributed by atoms with Gasteiger partial charge in [0.1, 0.15) is 18.1 Å². The predicted octanol–water partition coefficient (Wildman–Crippen LogP) is -1.70. The van der Waals surface area contributed by atoms with Gasteiger partial charge < -0.3 is 44.0 Å². The molecule has 0 fully saturated rings. The Bertz CT molecular complexity index is 908. The maximum atomic E-state index is 12.9. The number of hydrogen-bond donors (Lipinski definition) is 8. The smallest absolute Gasteiger partial charge is 0.326 e. The number of carbonyl (C=O) groups is 4. The lowest BCUT2D eigenvalue weighted by Gasteiger charge is -2.24. The number of benzene rings is 1. The normalized spacial score (nSPS) is 13.9. The minimum atomic E-state index is -1.19. The maximum Gasteiger partial charge on any atom is 0.326 e. The van der Waals surface area contributed by atoms with E-state index in [1.807, 2.05) is 30.3 Å². The van der Waals surface area contributed by atoms with Crippen LogP contribution in [0.2, 0.25) is 0 Å². The summed E-state index contributed by atoms with van der Waals surface area (Å²) in [6.07, 6.45) is 2.08. The molecule has 0 heterocycles. The van der Waals surface area contributed by atoms with Crippen LogP contribution < -0.4 is 38.9 Å². The molecule has 1 aromatic carbocycles. The van der Waals surface area contributed by atoms with E-state index in [-0.39, 0.29) is 31.8 Å². The number of unbranched alkanes of at least 4 members (excludes halogenated alkanes) is 1. The SMILES string of the molecule is CC(NC(=O)C(N)Cc1ccccc1)C(=O)NC(CCCN=C(N)N)C(=O)NC(CCCCN)C(=O)O. The highest BCUT2D eigenvalue weighted by molar-refractivity contribution is 5.93. The Morgan fingerprint density at radius 3 is 2.11 bits per heavy atom. The molecule has 13 nitrogen and oxygen atoms in total. The Morgan fingerprint density at radius 1 is 0.892 bits per heavy atom. The summed E-state index contributed by atoms with van der Waals surface area (Å²) in [5.41, 5.74) is 23.0. The Balaban J connectivity index is 2.80. The third-order valence-corrected chi connectivity index (χ3v) is 5.53. The first-order chi connectivity index (χ1) is 17.5. The van der Waals surface area contributed by atoms with Gasteiger partial charge in [-0.3, -0.25) is 19.4 Å². The summed E-state index contributed by atoms with van der Waals surface area (Å²) in [5, 5.41) is 17.1. The minimum absolute atomic E-state index is 0.112. The molecule has 12 N–H and O–H groups in total. The zero-order valence-electron chi connectivity index (χ0n) is 21.2. The van der Waals surface area contributed by atoms with Crippen LogP contribution in [0.3, 0.4) is 0 Å². The lowest BCUT2D eigenvalue weighted by Crippen LogP contribution is -2.56. The molecule has 0 spiro atoms. The van der Waals surface area contributed by atoms with E-state index in [4.69, 9.17) is 22.9 Å². The van der Waals surface area contributed by atoms with Gasteiger partial charge in [-0.05, 0) is 57.6 Å². The van der Waals surface area contributed by atoms with Gasteiger partial charge >= 0.3 is 5.97 Å².